The van der Waals surface area contributed by atoms with Crippen molar-refractivity contribution in [1.29, 1.82) is 0 Å². The molecule has 0 amide bonds. The Morgan fingerprint density at radius 2 is 2.44 bits per heavy atom. The van der Waals surface area contributed by atoms with E-state index in [1.54, 1.807) is 0 Å². The summed E-state index contributed by atoms with van der Waals surface area (Å²) in [6, 6.07) is 0. The van der Waals surface area contributed by atoms with Crippen molar-refractivity contribution in [3.63, 3.8) is 0 Å². The Hall–Kier alpha value is -0.610. The molecule has 1 aliphatic carbocycles. The van der Waals surface area contributed by atoms with Gasteiger partial charge >= 0.3 is 0 Å². The van der Waals surface area contributed by atoms with Crippen molar-refractivity contribution in [2.45, 2.75) is 45.3 Å². The van der Waals surface area contributed by atoms with E-state index < -0.39 is 0 Å². The number of aliphatic hydroxyl groups excluding tert-OH is 1. The molecule has 0 saturated carbocycles. The second-order valence-corrected chi connectivity index (χ2v) is 5.07. The van der Waals surface area contributed by atoms with Crippen molar-refractivity contribution in [1.82, 2.24) is 9.78 Å². The van der Waals surface area contributed by atoms with Gasteiger partial charge in [0, 0.05) is 6.54 Å². The highest BCUT2D eigenvalue weighted by Crippen LogP contribution is 2.31. The third-order valence-corrected chi connectivity index (χ3v) is 3.45. The summed E-state index contributed by atoms with van der Waals surface area (Å²) in [7, 11) is 0. The zero-order chi connectivity index (χ0) is 11.5. The van der Waals surface area contributed by atoms with E-state index in [4.69, 9.17) is 0 Å². The molecule has 1 N–H and O–H groups in total. The van der Waals surface area contributed by atoms with Crippen molar-refractivity contribution in [3.05, 3.63) is 22.4 Å². The zero-order valence-electron chi connectivity index (χ0n) is 9.49. The van der Waals surface area contributed by atoms with Crippen LogP contribution in [0.2, 0.25) is 0 Å². The maximum atomic E-state index is 9.67. The Morgan fingerprint density at radius 3 is 3.12 bits per heavy atom. The van der Waals surface area contributed by atoms with Crippen molar-refractivity contribution in [3.8, 4) is 0 Å². The Balaban J connectivity index is 2.34. The van der Waals surface area contributed by atoms with E-state index in [1.165, 1.54) is 5.57 Å². The molecule has 1 aromatic heterocycles. The fraction of sp³-hybridized carbons (Fsp3) is 0.583. The number of nitrogens with zero attached hydrogens (tertiary/aromatic N) is 2. The number of hydrogen-bond donors (Lipinski definition) is 1. The van der Waals surface area contributed by atoms with Gasteiger partial charge in [0.2, 0.25) is 0 Å². The predicted molar refractivity (Wildman–Crippen MR) is 68.1 cm³/mol. The van der Waals surface area contributed by atoms with Crippen LogP contribution in [-0.4, -0.2) is 21.0 Å². The van der Waals surface area contributed by atoms with Gasteiger partial charge in [0.05, 0.1) is 22.5 Å². The molecule has 0 spiro atoms. The highest BCUT2D eigenvalue weighted by molar-refractivity contribution is 9.10. The molecule has 0 bridgehead atoms. The molecule has 0 fully saturated rings. The van der Waals surface area contributed by atoms with Gasteiger partial charge in [0.15, 0.2) is 0 Å². The summed E-state index contributed by atoms with van der Waals surface area (Å²) in [5.74, 6) is 0. The zero-order valence-corrected chi connectivity index (χ0v) is 11.1. The van der Waals surface area contributed by atoms with E-state index in [0.717, 1.165) is 42.4 Å². The first-order chi connectivity index (χ1) is 7.72. The number of aryl methyl sites for hydroxylation is 1. The normalized spacial score (nSPS) is 20.9. The molecule has 88 valence electrons. The van der Waals surface area contributed by atoms with E-state index in [2.05, 4.69) is 28.0 Å². The summed E-state index contributed by atoms with van der Waals surface area (Å²) in [5, 5.41) is 14.0. The molecule has 0 aliphatic heterocycles. The van der Waals surface area contributed by atoms with E-state index in [9.17, 15) is 5.11 Å². The fourth-order valence-corrected chi connectivity index (χ4v) is 2.71. The van der Waals surface area contributed by atoms with Gasteiger partial charge in [-0.2, -0.15) is 5.10 Å². The maximum absolute atomic E-state index is 9.67. The molecule has 2 rings (SSSR count). The topological polar surface area (TPSA) is 38.0 Å². The number of rotatable bonds is 3. The average Bonchev–Trinajstić information content (AvgIpc) is 2.60. The quantitative estimate of drug-likeness (QED) is 0.927. The molecule has 1 atom stereocenters. The molecule has 0 radical (unpaired) electrons. The summed E-state index contributed by atoms with van der Waals surface area (Å²) in [6.45, 7) is 3.07. The third-order valence-electron chi connectivity index (χ3n) is 2.87. The Bertz CT molecular complexity index is 398. The largest absolute Gasteiger partial charge is 0.389 e. The summed E-state index contributed by atoms with van der Waals surface area (Å²) in [4.78, 5) is 0. The maximum Gasteiger partial charge on any atom is 0.0781 e. The van der Waals surface area contributed by atoms with E-state index >= 15 is 0 Å². The minimum absolute atomic E-state index is 0.291. The van der Waals surface area contributed by atoms with E-state index in [-0.39, 0.29) is 6.10 Å². The van der Waals surface area contributed by atoms with Crippen LogP contribution in [0, 0.1) is 0 Å². The number of hydrogen-bond acceptors (Lipinski definition) is 2. The van der Waals surface area contributed by atoms with Gasteiger partial charge in [-0.1, -0.05) is 13.0 Å². The second-order valence-electron chi connectivity index (χ2n) is 4.22. The van der Waals surface area contributed by atoms with Crippen molar-refractivity contribution >= 4 is 21.5 Å². The second kappa shape index (κ2) is 5.15. The van der Waals surface area contributed by atoms with Crippen molar-refractivity contribution in [2.24, 2.45) is 0 Å². The van der Waals surface area contributed by atoms with E-state index in [1.807, 2.05) is 17.0 Å². The molecular weight excluding hydrogens is 268 g/mol. The first-order valence-corrected chi connectivity index (χ1v) is 6.62. The molecule has 0 saturated heterocycles. The van der Waals surface area contributed by atoms with Crippen LogP contribution < -0.4 is 0 Å². The standard InChI is InChI=1S/C12H17BrN2O/c1-2-6-15-12(11(13)8-14-15)9-4-3-5-10(16)7-9/h7-8,10,16H,2-6H2,1H3. The van der Waals surface area contributed by atoms with Crippen molar-refractivity contribution < 1.29 is 5.11 Å². The van der Waals surface area contributed by atoms with Gasteiger partial charge in [-0.3, -0.25) is 4.68 Å². The summed E-state index contributed by atoms with van der Waals surface area (Å²) >= 11 is 3.54. The van der Waals surface area contributed by atoms with Gasteiger partial charge in [-0.25, -0.2) is 0 Å². The molecule has 4 heteroatoms. The molecule has 1 aromatic rings. The molecule has 3 nitrogen and oxygen atoms in total. The lowest BCUT2D eigenvalue weighted by Crippen LogP contribution is -2.11. The monoisotopic (exact) mass is 284 g/mol. The Labute approximate surface area is 104 Å². The SMILES string of the molecule is CCCn1ncc(Br)c1C1=CC(O)CCC1. The average molecular weight is 285 g/mol. The molecule has 1 unspecified atom stereocenters. The minimum Gasteiger partial charge on any atom is -0.389 e. The lowest BCUT2D eigenvalue weighted by atomic mass is 9.95. The molecule has 16 heavy (non-hydrogen) atoms. The van der Waals surface area contributed by atoms with Crippen LogP contribution in [0.15, 0.2) is 16.7 Å². The van der Waals surface area contributed by atoms with Crippen LogP contribution in [0.3, 0.4) is 0 Å². The van der Waals surface area contributed by atoms with Gasteiger partial charge < -0.3 is 5.11 Å². The number of aliphatic hydroxyl groups is 1. The van der Waals surface area contributed by atoms with Gasteiger partial charge in [0.1, 0.15) is 0 Å². The van der Waals surface area contributed by atoms with Gasteiger partial charge in [0.25, 0.3) is 0 Å². The first-order valence-electron chi connectivity index (χ1n) is 5.82. The Morgan fingerprint density at radius 1 is 1.62 bits per heavy atom. The summed E-state index contributed by atoms with van der Waals surface area (Å²) in [5.41, 5.74) is 2.36. The third kappa shape index (κ3) is 2.38. The van der Waals surface area contributed by atoms with Crippen LogP contribution in [0.1, 0.15) is 38.3 Å². The minimum atomic E-state index is -0.291. The first kappa shape index (κ1) is 11.9. The molecule has 1 aliphatic rings. The van der Waals surface area contributed by atoms with Crippen molar-refractivity contribution in [2.75, 3.05) is 0 Å². The summed E-state index contributed by atoms with van der Waals surface area (Å²) in [6.07, 6.45) is 7.55. The number of halogens is 1. The van der Waals surface area contributed by atoms with Crippen LogP contribution >= 0.6 is 15.9 Å². The van der Waals surface area contributed by atoms with Crippen LogP contribution in [0.5, 0.6) is 0 Å². The lowest BCUT2D eigenvalue weighted by molar-refractivity contribution is 0.206. The van der Waals surface area contributed by atoms with Crippen LogP contribution in [0.25, 0.3) is 5.57 Å². The number of allylic oxidation sites excluding steroid dienone is 1. The molecule has 0 aromatic carbocycles. The predicted octanol–water partition coefficient (Wildman–Crippen LogP) is 2.98. The van der Waals surface area contributed by atoms with Crippen LogP contribution in [-0.2, 0) is 6.54 Å². The van der Waals surface area contributed by atoms with Gasteiger partial charge in [-0.15, -0.1) is 0 Å². The summed E-state index contributed by atoms with van der Waals surface area (Å²) < 4.78 is 3.05. The lowest BCUT2D eigenvalue weighted by Gasteiger charge is -2.18. The fourth-order valence-electron chi connectivity index (χ4n) is 2.16. The Kier molecular flexibility index (Phi) is 3.82. The number of aromatic nitrogens is 2. The highest BCUT2D eigenvalue weighted by atomic mass is 79.9. The van der Waals surface area contributed by atoms with Crippen LogP contribution in [0.4, 0.5) is 0 Å². The smallest absolute Gasteiger partial charge is 0.0781 e. The highest BCUT2D eigenvalue weighted by Gasteiger charge is 2.18. The molecule has 1 heterocycles. The van der Waals surface area contributed by atoms with Gasteiger partial charge in [-0.05, 0) is 47.2 Å². The molecular formula is C12H17BrN2O. The van der Waals surface area contributed by atoms with E-state index in [0.29, 0.717) is 0 Å².